The standard InChI is InChI=1S/C9H17NO2/c1-3-9(11)12-7-8-5-10(4-2)6-8/h8H,3-7H2,1-2H3. The number of esters is 1. The molecule has 1 fully saturated rings. The Morgan fingerprint density at radius 1 is 1.50 bits per heavy atom. The van der Waals surface area contributed by atoms with Gasteiger partial charge in [0, 0.05) is 25.4 Å². The van der Waals surface area contributed by atoms with Crippen LogP contribution < -0.4 is 0 Å². The minimum absolute atomic E-state index is 0.0788. The number of rotatable bonds is 4. The van der Waals surface area contributed by atoms with E-state index in [2.05, 4.69) is 11.8 Å². The van der Waals surface area contributed by atoms with E-state index in [9.17, 15) is 4.79 Å². The Bertz CT molecular complexity index is 153. The van der Waals surface area contributed by atoms with Crippen LogP contribution in [-0.4, -0.2) is 37.1 Å². The smallest absolute Gasteiger partial charge is 0.305 e. The van der Waals surface area contributed by atoms with Gasteiger partial charge in [-0.25, -0.2) is 0 Å². The number of carbonyl (C=O) groups excluding carboxylic acids is 1. The fraction of sp³-hybridized carbons (Fsp3) is 0.889. The summed E-state index contributed by atoms with van der Waals surface area (Å²) >= 11 is 0. The minimum Gasteiger partial charge on any atom is -0.465 e. The molecule has 0 atom stereocenters. The Labute approximate surface area is 73.7 Å². The number of nitrogens with zero attached hydrogens (tertiary/aromatic N) is 1. The lowest BCUT2D eigenvalue weighted by atomic mass is 10.0. The van der Waals surface area contributed by atoms with E-state index in [0.29, 0.717) is 18.9 Å². The first kappa shape index (κ1) is 9.52. The van der Waals surface area contributed by atoms with Crippen LogP contribution in [0.4, 0.5) is 0 Å². The number of ether oxygens (including phenoxy) is 1. The third kappa shape index (κ3) is 2.48. The molecule has 0 aliphatic carbocycles. The summed E-state index contributed by atoms with van der Waals surface area (Å²) in [5, 5.41) is 0. The first-order valence-corrected chi connectivity index (χ1v) is 4.64. The van der Waals surface area contributed by atoms with Crippen LogP contribution in [0.3, 0.4) is 0 Å². The van der Waals surface area contributed by atoms with E-state index in [1.165, 1.54) is 0 Å². The van der Waals surface area contributed by atoms with Crippen molar-refractivity contribution in [2.45, 2.75) is 20.3 Å². The molecule has 0 saturated carbocycles. The van der Waals surface area contributed by atoms with Crippen molar-refractivity contribution in [2.24, 2.45) is 5.92 Å². The van der Waals surface area contributed by atoms with Crippen LogP contribution in [0.5, 0.6) is 0 Å². The Morgan fingerprint density at radius 3 is 2.67 bits per heavy atom. The van der Waals surface area contributed by atoms with E-state index in [1.54, 1.807) is 0 Å². The summed E-state index contributed by atoms with van der Waals surface area (Å²) in [5.74, 6) is 0.505. The normalized spacial score (nSPS) is 18.8. The van der Waals surface area contributed by atoms with Gasteiger partial charge in [0.25, 0.3) is 0 Å². The molecule has 12 heavy (non-hydrogen) atoms. The third-order valence-corrected chi connectivity index (χ3v) is 2.25. The summed E-state index contributed by atoms with van der Waals surface area (Å²) in [4.78, 5) is 13.1. The maximum absolute atomic E-state index is 10.8. The molecule has 3 nitrogen and oxygen atoms in total. The van der Waals surface area contributed by atoms with Crippen LogP contribution in [0.15, 0.2) is 0 Å². The molecule has 0 bridgehead atoms. The van der Waals surface area contributed by atoms with Gasteiger partial charge < -0.3 is 9.64 Å². The van der Waals surface area contributed by atoms with Crippen LogP contribution in [0.2, 0.25) is 0 Å². The van der Waals surface area contributed by atoms with Gasteiger partial charge >= 0.3 is 5.97 Å². The summed E-state index contributed by atoms with van der Waals surface area (Å²) in [6.45, 7) is 7.87. The van der Waals surface area contributed by atoms with Gasteiger partial charge in [-0.15, -0.1) is 0 Å². The highest BCUT2D eigenvalue weighted by molar-refractivity contribution is 5.68. The molecule has 0 N–H and O–H groups in total. The van der Waals surface area contributed by atoms with E-state index in [1.807, 2.05) is 6.92 Å². The summed E-state index contributed by atoms with van der Waals surface area (Å²) in [7, 11) is 0. The molecule has 0 aromatic heterocycles. The highest BCUT2D eigenvalue weighted by atomic mass is 16.5. The van der Waals surface area contributed by atoms with Crippen molar-refractivity contribution < 1.29 is 9.53 Å². The van der Waals surface area contributed by atoms with E-state index in [-0.39, 0.29) is 5.97 Å². The molecule has 1 saturated heterocycles. The SMILES string of the molecule is CCC(=O)OCC1CN(CC)C1. The maximum Gasteiger partial charge on any atom is 0.305 e. The molecule has 1 aliphatic heterocycles. The fourth-order valence-electron chi connectivity index (χ4n) is 1.35. The Balaban J connectivity index is 2.00. The number of hydrogen-bond acceptors (Lipinski definition) is 3. The van der Waals surface area contributed by atoms with E-state index < -0.39 is 0 Å². The van der Waals surface area contributed by atoms with Crippen LogP contribution in [0.1, 0.15) is 20.3 Å². The number of likely N-dealkylation sites (tertiary alicyclic amines) is 1. The predicted molar refractivity (Wildman–Crippen MR) is 46.9 cm³/mol. The van der Waals surface area contributed by atoms with Gasteiger partial charge in [-0.05, 0) is 6.54 Å². The lowest BCUT2D eigenvalue weighted by molar-refractivity contribution is -0.146. The fourth-order valence-corrected chi connectivity index (χ4v) is 1.35. The van der Waals surface area contributed by atoms with Crippen molar-refractivity contribution in [1.29, 1.82) is 0 Å². The predicted octanol–water partition coefficient (Wildman–Crippen LogP) is 0.891. The Kier molecular flexibility index (Phi) is 3.53. The first-order chi connectivity index (χ1) is 5.76. The summed E-state index contributed by atoms with van der Waals surface area (Å²) in [6, 6.07) is 0. The molecule has 0 unspecified atom stereocenters. The molecule has 0 radical (unpaired) electrons. The van der Waals surface area contributed by atoms with E-state index in [0.717, 1.165) is 19.6 Å². The second-order valence-corrected chi connectivity index (χ2v) is 3.25. The van der Waals surface area contributed by atoms with Crippen LogP contribution in [0.25, 0.3) is 0 Å². The van der Waals surface area contributed by atoms with Gasteiger partial charge in [0.2, 0.25) is 0 Å². The zero-order chi connectivity index (χ0) is 8.97. The third-order valence-electron chi connectivity index (χ3n) is 2.25. The zero-order valence-electron chi connectivity index (χ0n) is 7.88. The van der Waals surface area contributed by atoms with Crippen molar-refractivity contribution in [3.8, 4) is 0 Å². The van der Waals surface area contributed by atoms with Crippen LogP contribution in [-0.2, 0) is 9.53 Å². The van der Waals surface area contributed by atoms with Crippen LogP contribution in [0, 0.1) is 5.92 Å². The minimum atomic E-state index is -0.0788. The summed E-state index contributed by atoms with van der Waals surface area (Å²) in [5.41, 5.74) is 0. The van der Waals surface area contributed by atoms with Crippen molar-refractivity contribution in [3.63, 3.8) is 0 Å². The second-order valence-electron chi connectivity index (χ2n) is 3.25. The quantitative estimate of drug-likeness (QED) is 0.588. The van der Waals surface area contributed by atoms with Crippen molar-refractivity contribution in [1.82, 2.24) is 4.90 Å². The average Bonchev–Trinajstić information content (AvgIpc) is 2.01. The van der Waals surface area contributed by atoms with Crippen molar-refractivity contribution >= 4 is 5.97 Å². The van der Waals surface area contributed by atoms with Crippen molar-refractivity contribution in [3.05, 3.63) is 0 Å². The molecular formula is C9H17NO2. The second kappa shape index (κ2) is 4.45. The Hall–Kier alpha value is -0.570. The summed E-state index contributed by atoms with van der Waals surface area (Å²) in [6.07, 6.45) is 0.490. The molecule has 0 amide bonds. The monoisotopic (exact) mass is 171 g/mol. The molecule has 0 aromatic rings. The first-order valence-electron chi connectivity index (χ1n) is 4.64. The van der Waals surface area contributed by atoms with Gasteiger partial charge in [-0.2, -0.15) is 0 Å². The van der Waals surface area contributed by atoms with Gasteiger partial charge in [-0.3, -0.25) is 4.79 Å². The highest BCUT2D eigenvalue weighted by Gasteiger charge is 2.25. The number of carbonyl (C=O) groups is 1. The molecule has 70 valence electrons. The molecule has 1 aliphatic rings. The lowest BCUT2D eigenvalue weighted by Gasteiger charge is -2.37. The van der Waals surface area contributed by atoms with Crippen molar-refractivity contribution in [2.75, 3.05) is 26.2 Å². The summed E-state index contributed by atoms with van der Waals surface area (Å²) < 4.78 is 5.02. The van der Waals surface area contributed by atoms with Gasteiger partial charge in [0.15, 0.2) is 0 Å². The van der Waals surface area contributed by atoms with Gasteiger partial charge in [0.1, 0.15) is 0 Å². The van der Waals surface area contributed by atoms with E-state index >= 15 is 0 Å². The Morgan fingerprint density at radius 2 is 2.17 bits per heavy atom. The largest absolute Gasteiger partial charge is 0.465 e. The molecular weight excluding hydrogens is 154 g/mol. The molecule has 3 heteroatoms. The molecule has 1 rings (SSSR count). The highest BCUT2D eigenvalue weighted by Crippen LogP contribution is 2.14. The lowest BCUT2D eigenvalue weighted by Crippen LogP contribution is -2.48. The van der Waals surface area contributed by atoms with Crippen LogP contribution >= 0.6 is 0 Å². The average molecular weight is 171 g/mol. The zero-order valence-corrected chi connectivity index (χ0v) is 7.88. The maximum atomic E-state index is 10.8. The van der Waals surface area contributed by atoms with Gasteiger partial charge in [-0.1, -0.05) is 13.8 Å². The molecule has 0 spiro atoms. The molecule has 1 heterocycles. The number of hydrogen-bond donors (Lipinski definition) is 0. The van der Waals surface area contributed by atoms with Gasteiger partial charge in [0.05, 0.1) is 6.61 Å². The molecule has 0 aromatic carbocycles. The topological polar surface area (TPSA) is 29.5 Å². The van der Waals surface area contributed by atoms with E-state index in [4.69, 9.17) is 4.74 Å².